The van der Waals surface area contributed by atoms with Crippen LogP contribution in [0, 0.1) is 17.8 Å². The van der Waals surface area contributed by atoms with E-state index in [9.17, 15) is 0 Å². The molecule has 1 aliphatic heterocycles. The summed E-state index contributed by atoms with van der Waals surface area (Å²) in [5.41, 5.74) is 0. The van der Waals surface area contributed by atoms with Crippen molar-refractivity contribution in [3.05, 3.63) is 0 Å². The van der Waals surface area contributed by atoms with Crippen molar-refractivity contribution in [3.63, 3.8) is 0 Å². The van der Waals surface area contributed by atoms with Gasteiger partial charge in [0.15, 0.2) is 0 Å². The Labute approximate surface area is 94.8 Å². The van der Waals surface area contributed by atoms with Crippen LogP contribution in [0.1, 0.15) is 40.5 Å². The fraction of sp³-hybridized carbons (Fsp3) is 1.00. The minimum absolute atomic E-state index is 0.650. The molecule has 0 saturated carbocycles. The molecule has 0 bridgehead atoms. The quantitative estimate of drug-likeness (QED) is 0.732. The Morgan fingerprint density at radius 3 is 2.53 bits per heavy atom. The molecule has 1 aliphatic rings. The first-order chi connectivity index (χ1) is 7.16. The molecule has 0 aromatic rings. The first kappa shape index (κ1) is 13.0. The van der Waals surface area contributed by atoms with Crippen molar-refractivity contribution in [2.24, 2.45) is 17.8 Å². The zero-order valence-corrected chi connectivity index (χ0v) is 10.8. The first-order valence-corrected chi connectivity index (χ1v) is 6.48. The van der Waals surface area contributed by atoms with Crippen LogP contribution in [0.25, 0.3) is 0 Å². The standard InChI is InChI=1S/C13H27NO/c1-5-7-14-13(10(2)3)11(4)12-6-8-15-9-12/h10-14H,5-9H2,1-4H3. The van der Waals surface area contributed by atoms with Crippen LogP contribution in [-0.4, -0.2) is 25.8 Å². The third kappa shape index (κ3) is 3.76. The summed E-state index contributed by atoms with van der Waals surface area (Å²) in [6.07, 6.45) is 2.47. The average molecular weight is 213 g/mol. The van der Waals surface area contributed by atoms with Gasteiger partial charge in [0.25, 0.3) is 0 Å². The Morgan fingerprint density at radius 2 is 2.07 bits per heavy atom. The van der Waals surface area contributed by atoms with Gasteiger partial charge < -0.3 is 10.1 Å². The highest BCUT2D eigenvalue weighted by molar-refractivity contribution is 4.83. The van der Waals surface area contributed by atoms with E-state index in [-0.39, 0.29) is 0 Å². The van der Waals surface area contributed by atoms with Gasteiger partial charge >= 0.3 is 0 Å². The smallest absolute Gasteiger partial charge is 0.0498 e. The van der Waals surface area contributed by atoms with Gasteiger partial charge in [0.05, 0.1) is 0 Å². The van der Waals surface area contributed by atoms with E-state index in [1.54, 1.807) is 0 Å². The minimum atomic E-state index is 0.650. The van der Waals surface area contributed by atoms with Gasteiger partial charge in [0, 0.05) is 19.3 Å². The lowest BCUT2D eigenvalue weighted by molar-refractivity contribution is 0.155. The lowest BCUT2D eigenvalue weighted by Crippen LogP contribution is -2.42. The monoisotopic (exact) mass is 213 g/mol. The summed E-state index contributed by atoms with van der Waals surface area (Å²) in [5.74, 6) is 2.22. The Hall–Kier alpha value is -0.0800. The van der Waals surface area contributed by atoms with Crippen LogP contribution in [0.5, 0.6) is 0 Å². The molecule has 0 spiro atoms. The Morgan fingerprint density at radius 1 is 1.33 bits per heavy atom. The Bertz CT molecular complexity index is 164. The molecule has 1 fully saturated rings. The average Bonchev–Trinajstić information content (AvgIpc) is 2.70. The van der Waals surface area contributed by atoms with Gasteiger partial charge in [0.1, 0.15) is 0 Å². The summed E-state index contributed by atoms with van der Waals surface area (Å²) in [7, 11) is 0. The van der Waals surface area contributed by atoms with Crippen LogP contribution < -0.4 is 5.32 Å². The number of rotatable bonds is 6. The van der Waals surface area contributed by atoms with Gasteiger partial charge in [-0.2, -0.15) is 0 Å². The van der Waals surface area contributed by atoms with Gasteiger partial charge in [-0.25, -0.2) is 0 Å². The molecule has 0 radical (unpaired) electrons. The molecule has 1 saturated heterocycles. The van der Waals surface area contributed by atoms with Gasteiger partial charge in [-0.15, -0.1) is 0 Å². The van der Waals surface area contributed by atoms with E-state index in [0.29, 0.717) is 12.0 Å². The predicted octanol–water partition coefficient (Wildman–Crippen LogP) is 2.68. The number of hydrogen-bond acceptors (Lipinski definition) is 2. The lowest BCUT2D eigenvalue weighted by Gasteiger charge is -2.32. The van der Waals surface area contributed by atoms with E-state index >= 15 is 0 Å². The van der Waals surface area contributed by atoms with E-state index in [1.165, 1.54) is 12.8 Å². The van der Waals surface area contributed by atoms with E-state index < -0.39 is 0 Å². The van der Waals surface area contributed by atoms with Crippen molar-refractivity contribution in [1.82, 2.24) is 5.32 Å². The van der Waals surface area contributed by atoms with Crippen molar-refractivity contribution >= 4 is 0 Å². The second kappa shape index (κ2) is 6.49. The molecule has 1 heterocycles. The van der Waals surface area contributed by atoms with Crippen LogP contribution in [0.15, 0.2) is 0 Å². The molecule has 1 N–H and O–H groups in total. The highest BCUT2D eigenvalue weighted by Crippen LogP contribution is 2.27. The number of nitrogens with one attached hydrogen (secondary N) is 1. The molecular formula is C13H27NO. The molecule has 3 atom stereocenters. The summed E-state index contributed by atoms with van der Waals surface area (Å²) in [5, 5.41) is 3.69. The number of ether oxygens (including phenoxy) is 1. The van der Waals surface area contributed by atoms with Crippen molar-refractivity contribution in [3.8, 4) is 0 Å². The maximum absolute atomic E-state index is 5.48. The van der Waals surface area contributed by atoms with E-state index in [1.807, 2.05) is 0 Å². The summed E-state index contributed by atoms with van der Waals surface area (Å²) in [4.78, 5) is 0. The third-order valence-corrected chi connectivity index (χ3v) is 3.62. The molecule has 0 aliphatic carbocycles. The van der Waals surface area contributed by atoms with Crippen molar-refractivity contribution in [2.45, 2.75) is 46.6 Å². The molecule has 0 aromatic carbocycles. The van der Waals surface area contributed by atoms with Crippen LogP contribution in [0.4, 0.5) is 0 Å². The third-order valence-electron chi connectivity index (χ3n) is 3.62. The number of hydrogen-bond donors (Lipinski definition) is 1. The summed E-state index contributed by atoms with van der Waals surface area (Å²) < 4.78 is 5.48. The van der Waals surface area contributed by atoms with Gasteiger partial charge in [-0.05, 0) is 37.1 Å². The van der Waals surface area contributed by atoms with Crippen molar-refractivity contribution in [1.29, 1.82) is 0 Å². The largest absolute Gasteiger partial charge is 0.381 e. The molecule has 2 nitrogen and oxygen atoms in total. The highest BCUT2D eigenvalue weighted by Gasteiger charge is 2.29. The second-order valence-electron chi connectivity index (χ2n) is 5.21. The van der Waals surface area contributed by atoms with Crippen molar-refractivity contribution in [2.75, 3.05) is 19.8 Å². The van der Waals surface area contributed by atoms with E-state index in [0.717, 1.165) is 31.6 Å². The summed E-state index contributed by atoms with van der Waals surface area (Å²) in [6, 6.07) is 0.650. The van der Waals surface area contributed by atoms with Crippen LogP contribution in [0.2, 0.25) is 0 Å². The van der Waals surface area contributed by atoms with E-state index in [4.69, 9.17) is 4.74 Å². The van der Waals surface area contributed by atoms with Crippen LogP contribution in [0.3, 0.4) is 0 Å². The highest BCUT2D eigenvalue weighted by atomic mass is 16.5. The molecule has 0 aromatic heterocycles. The Balaban J connectivity index is 2.45. The SMILES string of the molecule is CCCNC(C(C)C)C(C)C1CCOC1. The van der Waals surface area contributed by atoms with Crippen molar-refractivity contribution < 1.29 is 4.74 Å². The van der Waals surface area contributed by atoms with Gasteiger partial charge in [-0.1, -0.05) is 27.7 Å². The molecule has 0 amide bonds. The fourth-order valence-electron chi connectivity index (χ4n) is 2.60. The zero-order valence-electron chi connectivity index (χ0n) is 10.8. The summed E-state index contributed by atoms with van der Waals surface area (Å²) >= 11 is 0. The van der Waals surface area contributed by atoms with E-state index in [2.05, 4.69) is 33.0 Å². The van der Waals surface area contributed by atoms with Crippen LogP contribution in [-0.2, 0) is 4.74 Å². The normalized spacial score (nSPS) is 25.8. The molecule has 3 unspecified atom stereocenters. The fourth-order valence-corrected chi connectivity index (χ4v) is 2.60. The minimum Gasteiger partial charge on any atom is -0.381 e. The predicted molar refractivity (Wildman–Crippen MR) is 65.0 cm³/mol. The van der Waals surface area contributed by atoms with Crippen LogP contribution >= 0.6 is 0 Å². The maximum Gasteiger partial charge on any atom is 0.0498 e. The van der Waals surface area contributed by atoms with Gasteiger partial charge in [0.2, 0.25) is 0 Å². The molecule has 90 valence electrons. The maximum atomic E-state index is 5.48. The molecule has 15 heavy (non-hydrogen) atoms. The summed E-state index contributed by atoms with van der Waals surface area (Å²) in [6.45, 7) is 12.3. The second-order valence-corrected chi connectivity index (χ2v) is 5.21. The zero-order chi connectivity index (χ0) is 11.3. The molecular weight excluding hydrogens is 186 g/mol. The topological polar surface area (TPSA) is 21.3 Å². The Kier molecular flexibility index (Phi) is 5.62. The first-order valence-electron chi connectivity index (χ1n) is 6.48. The lowest BCUT2D eigenvalue weighted by atomic mass is 9.82. The van der Waals surface area contributed by atoms with Gasteiger partial charge in [-0.3, -0.25) is 0 Å². The molecule has 2 heteroatoms. The molecule has 1 rings (SSSR count).